The normalized spacial score (nSPS) is 11.6. The third-order valence-corrected chi connectivity index (χ3v) is 3.82. The second-order valence-corrected chi connectivity index (χ2v) is 6.03. The van der Waals surface area contributed by atoms with Crippen LogP contribution in [0.5, 0.6) is 0 Å². The Morgan fingerprint density at radius 3 is 2.45 bits per heavy atom. The molecule has 3 heteroatoms. The lowest BCUT2D eigenvalue weighted by atomic mass is 9.92. The monoisotopic (exact) mass is 290 g/mol. The van der Waals surface area contributed by atoms with E-state index in [1.165, 1.54) is 0 Å². The molecule has 0 spiro atoms. The third-order valence-electron chi connectivity index (χ3n) is 3.82. The molecule has 0 unspecified atom stereocenters. The zero-order valence-electron chi connectivity index (χ0n) is 12.7. The number of nitrogens with two attached hydrogens (primary N) is 1. The van der Waals surface area contributed by atoms with Crippen molar-refractivity contribution in [1.82, 2.24) is 4.98 Å². The van der Waals surface area contributed by atoms with Crippen molar-refractivity contribution < 1.29 is 4.79 Å². The highest BCUT2D eigenvalue weighted by molar-refractivity contribution is 6.16. The van der Waals surface area contributed by atoms with Crippen LogP contribution in [0.15, 0.2) is 60.9 Å². The number of carbonyl (C=O) groups is 1. The van der Waals surface area contributed by atoms with Gasteiger partial charge in [0.05, 0.1) is 0 Å². The van der Waals surface area contributed by atoms with Gasteiger partial charge in [-0.1, -0.05) is 42.5 Å². The molecule has 3 rings (SSSR count). The van der Waals surface area contributed by atoms with Crippen LogP contribution >= 0.6 is 0 Å². The van der Waals surface area contributed by atoms with E-state index >= 15 is 0 Å². The smallest absolute Gasteiger partial charge is 0.193 e. The van der Waals surface area contributed by atoms with E-state index in [2.05, 4.69) is 4.98 Å². The van der Waals surface area contributed by atoms with Crippen LogP contribution in [0.25, 0.3) is 10.8 Å². The lowest BCUT2D eigenvalue weighted by Gasteiger charge is -2.19. The average molecular weight is 290 g/mol. The van der Waals surface area contributed by atoms with Crippen molar-refractivity contribution in [3.63, 3.8) is 0 Å². The van der Waals surface area contributed by atoms with Gasteiger partial charge in [0.25, 0.3) is 0 Å². The number of aromatic nitrogens is 1. The lowest BCUT2D eigenvalue weighted by Crippen LogP contribution is -2.28. The fourth-order valence-electron chi connectivity index (χ4n) is 2.53. The molecule has 0 aliphatic carbocycles. The SMILES string of the molecule is CC(C)(N)c1ccc(C(=O)c2cccc3cnccc23)cc1. The van der Waals surface area contributed by atoms with E-state index in [9.17, 15) is 4.79 Å². The predicted octanol–water partition coefficient (Wildman–Crippen LogP) is 3.66. The van der Waals surface area contributed by atoms with E-state index in [0.29, 0.717) is 11.1 Å². The van der Waals surface area contributed by atoms with Crippen molar-refractivity contribution in [3.05, 3.63) is 77.6 Å². The Kier molecular flexibility index (Phi) is 3.51. The zero-order chi connectivity index (χ0) is 15.7. The molecular formula is C19H18N2O. The van der Waals surface area contributed by atoms with Gasteiger partial charge in [-0.2, -0.15) is 0 Å². The van der Waals surface area contributed by atoms with Crippen LogP contribution < -0.4 is 5.73 Å². The van der Waals surface area contributed by atoms with Gasteiger partial charge in [0.15, 0.2) is 5.78 Å². The Morgan fingerprint density at radius 2 is 1.77 bits per heavy atom. The number of rotatable bonds is 3. The Balaban J connectivity index is 2.03. The van der Waals surface area contributed by atoms with Gasteiger partial charge < -0.3 is 5.73 Å². The van der Waals surface area contributed by atoms with Gasteiger partial charge in [0.2, 0.25) is 0 Å². The summed E-state index contributed by atoms with van der Waals surface area (Å²) in [5.74, 6) is 0.0122. The maximum Gasteiger partial charge on any atom is 0.193 e. The van der Waals surface area contributed by atoms with Gasteiger partial charge in [-0.05, 0) is 30.9 Å². The average Bonchev–Trinajstić information content (AvgIpc) is 2.53. The lowest BCUT2D eigenvalue weighted by molar-refractivity contribution is 0.104. The van der Waals surface area contributed by atoms with Crippen molar-refractivity contribution in [3.8, 4) is 0 Å². The van der Waals surface area contributed by atoms with Gasteiger partial charge in [0.1, 0.15) is 0 Å². The molecule has 0 saturated carbocycles. The standard InChI is InChI=1S/C19H18N2O/c1-19(2,20)15-8-6-13(7-9-15)18(22)17-5-3-4-14-12-21-11-10-16(14)17/h3-12H,20H2,1-2H3. The molecule has 2 N–H and O–H groups in total. The van der Waals surface area contributed by atoms with Gasteiger partial charge >= 0.3 is 0 Å². The van der Waals surface area contributed by atoms with Crippen molar-refractivity contribution in [1.29, 1.82) is 0 Å². The summed E-state index contributed by atoms with van der Waals surface area (Å²) in [5.41, 5.74) is 8.03. The number of ketones is 1. The van der Waals surface area contributed by atoms with Crippen LogP contribution in [0.2, 0.25) is 0 Å². The second-order valence-electron chi connectivity index (χ2n) is 6.03. The number of nitrogens with zero attached hydrogens (tertiary/aromatic N) is 1. The quantitative estimate of drug-likeness (QED) is 0.749. The summed E-state index contributed by atoms with van der Waals surface area (Å²) in [6, 6.07) is 15.1. The molecule has 1 heterocycles. The summed E-state index contributed by atoms with van der Waals surface area (Å²) >= 11 is 0. The Labute approximate surface area is 129 Å². The molecule has 1 aromatic heterocycles. The molecular weight excluding hydrogens is 272 g/mol. The minimum absolute atomic E-state index is 0.0122. The minimum atomic E-state index is -0.410. The maximum atomic E-state index is 12.8. The molecule has 22 heavy (non-hydrogen) atoms. The number of hydrogen-bond donors (Lipinski definition) is 1. The number of hydrogen-bond acceptors (Lipinski definition) is 3. The maximum absolute atomic E-state index is 12.8. The van der Waals surface area contributed by atoms with E-state index in [1.54, 1.807) is 12.4 Å². The van der Waals surface area contributed by atoms with Crippen molar-refractivity contribution in [2.24, 2.45) is 5.73 Å². The van der Waals surface area contributed by atoms with Gasteiger partial charge in [-0.25, -0.2) is 0 Å². The number of fused-ring (bicyclic) bond motifs is 1. The molecule has 0 amide bonds. The molecule has 0 aliphatic heterocycles. The van der Waals surface area contributed by atoms with E-state index in [0.717, 1.165) is 16.3 Å². The summed E-state index contributed by atoms with van der Waals surface area (Å²) in [7, 11) is 0. The van der Waals surface area contributed by atoms with E-state index in [-0.39, 0.29) is 5.78 Å². The van der Waals surface area contributed by atoms with Crippen molar-refractivity contribution in [2.75, 3.05) is 0 Å². The molecule has 2 aromatic carbocycles. The first-order chi connectivity index (χ1) is 10.5. The highest BCUT2D eigenvalue weighted by atomic mass is 16.1. The van der Waals surface area contributed by atoms with E-state index in [4.69, 9.17) is 5.73 Å². The van der Waals surface area contributed by atoms with Crippen LogP contribution in [-0.4, -0.2) is 10.8 Å². The van der Waals surface area contributed by atoms with Crippen molar-refractivity contribution in [2.45, 2.75) is 19.4 Å². The fraction of sp³-hybridized carbons (Fsp3) is 0.158. The molecule has 0 atom stereocenters. The largest absolute Gasteiger partial charge is 0.322 e. The molecule has 3 aromatic rings. The number of pyridine rings is 1. The molecule has 110 valence electrons. The van der Waals surface area contributed by atoms with Gasteiger partial charge in [-0.3, -0.25) is 9.78 Å². The first-order valence-corrected chi connectivity index (χ1v) is 7.24. The predicted molar refractivity (Wildman–Crippen MR) is 88.8 cm³/mol. The van der Waals surface area contributed by atoms with Crippen LogP contribution in [-0.2, 0) is 5.54 Å². The van der Waals surface area contributed by atoms with Crippen LogP contribution in [0, 0.1) is 0 Å². The first kappa shape index (κ1) is 14.4. The van der Waals surface area contributed by atoms with Crippen LogP contribution in [0.1, 0.15) is 35.3 Å². The van der Waals surface area contributed by atoms with E-state index < -0.39 is 5.54 Å². The highest BCUT2D eigenvalue weighted by Gasteiger charge is 2.16. The minimum Gasteiger partial charge on any atom is -0.322 e. The fourth-order valence-corrected chi connectivity index (χ4v) is 2.53. The number of carbonyl (C=O) groups excluding carboxylic acids is 1. The van der Waals surface area contributed by atoms with Gasteiger partial charge in [-0.15, -0.1) is 0 Å². The first-order valence-electron chi connectivity index (χ1n) is 7.24. The zero-order valence-corrected chi connectivity index (χ0v) is 12.7. The molecule has 0 aliphatic rings. The molecule has 3 nitrogen and oxygen atoms in total. The van der Waals surface area contributed by atoms with E-state index in [1.807, 2.05) is 62.4 Å². The summed E-state index contributed by atoms with van der Waals surface area (Å²) < 4.78 is 0. The van der Waals surface area contributed by atoms with Gasteiger partial charge in [0, 0.05) is 34.4 Å². The third kappa shape index (κ3) is 2.63. The summed E-state index contributed by atoms with van der Waals surface area (Å²) in [5, 5.41) is 1.89. The summed E-state index contributed by atoms with van der Waals surface area (Å²) in [6.45, 7) is 3.89. The second kappa shape index (κ2) is 5.35. The van der Waals surface area contributed by atoms with Crippen LogP contribution in [0.4, 0.5) is 0 Å². The molecule has 0 fully saturated rings. The molecule has 0 saturated heterocycles. The number of benzene rings is 2. The van der Waals surface area contributed by atoms with Crippen LogP contribution in [0.3, 0.4) is 0 Å². The highest BCUT2D eigenvalue weighted by Crippen LogP contribution is 2.22. The summed E-state index contributed by atoms with van der Waals surface area (Å²) in [4.78, 5) is 16.9. The Bertz CT molecular complexity index is 825. The Morgan fingerprint density at radius 1 is 1.05 bits per heavy atom. The summed E-state index contributed by atoms with van der Waals surface area (Å²) in [6.07, 6.45) is 3.48. The van der Waals surface area contributed by atoms with Crippen molar-refractivity contribution >= 4 is 16.6 Å². The topological polar surface area (TPSA) is 56.0 Å². The Hall–Kier alpha value is -2.52. The molecule has 0 radical (unpaired) electrons. The molecule has 0 bridgehead atoms.